The maximum atomic E-state index is 12.6. The van der Waals surface area contributed by atoms with E-state index < -0.39 is 10.0 Å². The molecule has 2 heterocycles. The molecule has 2 aliphatic heterocycles. The monoisotopic (exact) mass is 349 g/mol. The molecule has 0 aromatic carbocycles. The third kappa shape index (κ3) is 2.90. The summed E-state index contributed by atoms with van der Waals surface area (Å²) in [5, 5.41) is 3.14. The molecule has 1 amide bonds. The summed E-state index contributed by atoms with van der Waals surface area (Å²) in [6, 6.07) is 0.180. The molecule has 4 rings (SSSR count). The van der Waals surface area contributed by atoms with Crippen molar-refractivity contribution in [2.75, 3.05) is 12.3 Å². The molecule has 0 aromatic rings. The zero-order valence-corrected chi connectivity index (χ0v) is 14.6. The molecule has 1 N–H and O–H groups in total. The maximum Gasteiger partial charge on any atom is 0.256 e. The Morgan fingerprint density at radius 2 is 2.17 bits per heavy atom. The number of hydrogen-bond acceptors (Lipinski definition) is 4. The van der Waals surface area contributed by atoms with E-state index in [1.54, 1.807) is 23.3 Å². The Morgan fingerprint density at radius 1 is 1.33 bits per heavy atom. The second-order valence-electron chi connectivity index (χ2n) is 7.45. The average molecular weight is 349 g/mol. The van der Waals surface area contributed by atoms with Gasteiger partial charge in [-0.05, 0) is 56.1 Å². The Hall–Kier alpha value is -1.63. The van der Waals surface area contributed by atoms with Gasteiger partial charge in [-0.2, -0.15) is 0 Å². The van der Waals surface area contributed by atoms with Gasteiger partial charge in [0.25, 0.3) is 15.9 Å². The summed E-state index contributed by atoms with van der Waals surface area (Å²) >= 11 is 0. The normalized spacial score (nSPS) is 34.4. The molecule has 2 saturated carbocycles. The van der Waals surface area contributed by atoms with Crippen molar-refractivity contribution in [3.8, 4) is 0 Å². The van der Waals surface area contributed by atoms with E-state index in [0.29, 0.717) is 23.9 Å². The predicted molar refractivity (Wildman–Crippen MR) is 91.7 cm³/mol. The smallest absolute Gasteiger partial charge is 0.256 e. The molecular formula is C17H23N3O3S. The summed E-state index contributed by atoms with van der Waals surface area (Å²) < 4.78 is 26.8. The quantitative estimate of drug-likeness (QED) is 0.836. The third-order valence-corrected chi connectivity index (χ3v) is 7.04. The van der Waals surface area contributed by atoms with Crippen LogP contribution in [0.4, 0.5) is 0 Å². The topological polar surface area (TPSA) is 78.8 Å². The number of fused-ring (bicyclic) bond motifs is 3. The van der Waals surface area contributed by atoms with Gasteiger partial charge in [-0.25, -0.2) is 8.42 Å². The van der Waals surface area contributed by atoms with Crippen molar-refractivity contribution in [2.45, 2.75) is 38.6 Å². The number of nitrogens with one attached hydrogen (secondary N) is 1. The fourth-order valence-corrected chi connectivity index (χ4v) is 5.61. The van der Waals surface area contributed by atoms with E-state index in [2.05, 4.69) is 16.6 Å². The molecule has 0 radical (unpaired) electrons. The Labute approximate surface area is 142 Å². The first-order chi connectivity index (χ1) is 11.4. The van der Waals surface area contributed by atoms with Crippen LogP contribution in [0.5, 0.6) is 0 Å². The number of sulfonamides is 1. The van der Waals surface area contributed by atoms with Gasteiger partial charge in [-0.1, -0.05) is 6.42 Å². The van der Waals surface area contributed by atoms with Crippen molar-refractivity contribution in [2.24, 2.45) is 22.2 Å². The SMILES string of the molecule is C[C@@H](NC(=O)C1=CN2CCS(=O)(=O)N=C2C=C1)[C@H]1C[C@H]2CC[C@H]1C2. The minimum absolute atomic E-state index is 0.0166. The highest BCUT2D eigenvalue weighted by Gasteiger charge is 2.42. The minimum Gasteiger partial charge on any atom is -0.349 e. The van der Waals surface area contributed by atoms with E-state index >= 15 is 0 Å². The number of rotatable bonds is 3. The summed E-state index contributed by atoms with van der Waals surface area (Å²) in [6.07, 6.45) is 10.2. The highest BCUT2D eigenvalue weighted by atomic mass is 32.2. The van der Waals surface area contributed by atoms with Crippen LogP contribution in [0.1, 0.15) is 32.6 Å². The van der Waals surface area contributed by atoms with Crippen LogP contribution >= 0.6 is 0 Å². The number of nitrogens with zero attached hydrogens (tertiary/aromatic N) is 2. The Bertz CT molecular complexity index is 753. The molecule has 2 fully saturated rings. The lowest BCUT2D eigenvalue weighted by atomic mass is 9.84. The number of hydrogen-bond donors (Lipinski definition) is 1. The zero-order chi connectivity index (χ0) is 16.9. The molecule has 4 atom stereocenters. The molecule has 0 saturated heterocycles. The van der Waals surface area contributed by atoms with Gasteiger partial charge in [-0.3, -0.25) is 4.79 Å². The van der Waals surface area contributed by atoms with Crippen molar-refractivity contribution in [3.63, 3.8) is 0 Å². The van der Waals surface area contributed by atoms with Crippen LogP contribution in [-0.4, -0.2) is 43.4 Å². The average Bonchev–Trinajstić information content (AvgIpc) is 3.16. The van der Waals surface area contributed by atoms with Gasteiger partial charge < -0.3 is 10.2 Å². The van der Waals surface area contributed by atoms with Gasteiger partial charge in [0.1, 0.15) is 5.84 Å². The lowest BCUT2D eigenvalue weighted by Gasteiger charge is -2.30. The minimum atomic E-state index is -3.36. The molecule has 4 aliphatic rings. The number of carbonyl (C=O) groups is 1. The standard InChI is InChI=1S/C17H23N3O3S/c1-11(15-9-12-2-3-13(15)8-12)18-17(21)14-4-5-16-19-24(22,23)7-6-20(16)10-14/h4-5,10-13,15H,2-3,6-9H2,1H3,(H,18,21)/t11-,12+,13+,15-/m1/s1. The molecule has 0 unspecified atom stereocenters. The van der Waals surface area contributed by atoms with Crippen LogP contribution in [0.3, 0.4) is 0 Å². The van der Waals surface area contributed by atoms with Gasteiger partial charge in [-0.15, -0.1) is 4.40 Å². The molecule has 6 nitrogen and oxygen atoms in total. The summed E-state index contributed by atoms with van der Waals surface area (Å²) in [5.74, 6) is 2.51. The van der Waals surface area contributed by atoms with E-state index in [1.807, 2.05) is 0 Å². The van der Waals surface area contributed by atoms with Crippen LogP contribution in [0.15, 0.2) is 28.3 Å². The van der Waals surface area contributed by atoms with Crippen molar-refractivity contribution < 1.29 is 13.2 Å². The largest absolute Gasteiger partial charge is 0.349 e. The van der Waals surface area contributed by atoms with Gasteiger partial charge >= 0.3 is 0 Å². The molecule has 130 valence electrons. The number of amides is 1. The fraction of sp³-hybridized carbons (Fsp3) is 0.647. The Morgan fingerprint density at radius 3 is 2.88 bits per heavy atom. The molecule has 24 heavy (non-hydrogen) atoms. The summed E-state index contributed by atoms with van der Waals surface area (Å²) in [6.45, 7) is 2.45. The first kappa shape index (κ1) is 15.9. The predicted octanol–water partition coefficient (Wildman–Crippen LogP) is 1.42. The molecule has 0 spiro atoms. The van der Waals surface area contributed by atoms with E-state index in [-0.39, 0.29) is 17.7 Å². The highest BCUT2D eigenvalue weighted by Crippen LogP contribution is 2.49. The second-order valence-corrected chi connectivity index (χ2v) is 9.20. The van der Waals surface area contributed by atoms with E-state index in [9.17, 15) is 13.2 Å². The summed E-state index contributed by atoms with van der Waals surface area (Å²) in [5.41, 5.74) is 0.559. The van der Waals surface area contributed by atoms with Crippen LogP contribution in [0, 0.1) is 17.8 Å². The van der Waals surface area contributed by atoms with Crippen LogP contribution in [-0.2, 0) is 14.8 Å². The lowest BCUT2D eigenvalue weighted by molar-refractivity contribution is -0.118. The molecule has 0 aromatic heterocycles. The first-order valence-corrected chi connectivity index (χ1v) is 10.3. The third-order valence-electron chi connectivity index (χ3n) is 5.88. The Kier molecular flexibility index (Phi) is 3.78. The first-order valence-electron chi connectivity index (χ1n) is 8.71. The van der Waals surface area contributed by atoms with E-state index in [4.69, 9.17) is 0 Å². The Balaban J connectivity index is 1.42. The molecule has 7 heteroatoms. The van der Waals surface area contributed by atoms with Crippen LogP contribution in [0.25, 0.3) is 0 Å². The number of carbonyl (C=O) groups excluding carboxylic acids is 1. The highest BCUT2D eigenvalue weighted by molar-refractivity contribution is 7.90. The van der Waals surface area contributed by atoms with Gasteiger partial charge in [0.15, 0.2) is 0 Å². The maximum absolute atomic E-state index is 12.6. The number of amidine groups is 1. The van der Waals surface area contributed by atoms with Crippen molar-refractivity contribution >= 4 is 21.8 Å². The van der Waals surface area contributed by atoms with Crippen molar-refractivity contribution in [3.05, 3.63) is 23.9 Å². The van der Waals surface area contributed by atoms with E-state index in [1.165, 1.54) is 25.7 Å². The zero-order valence-electron chi connectivity index (χ0n) is 13.8. The van der Waals surface area contributed by atoms with Crippen LogP contribution in [0.2, 0.25) is 0 Å². The van der Waals surface area contributed by atoms with Crippen molar-refractivity contribution in [1.82, 2.24) is 10.2 Å². The van der Waals surface area contributed by atoms with Gasteiger partial charge in [0, 0.05) is 18.8 Å². The van der Waals surface area contributed by atoms with Gasteiger partial charge in [0.2, 0.25) is 0 Å². The molecular weight excluding hydrogens is 326 g/mol. The molecule has 2 bridgehead atoms. The second kappa shape index (κ2) is 5.72. The lowest BCUT2D eigenvalue weighted by Crippen LogP contribution is -2.42. The van der Waals surface area contributed by atoms with Gasteiger partial charge in [0.05, 0.1) is 11.3 Å². The summed E-state index contributed by atoms with van der Waals surface area (Å²) in [7, 11) is -3.36. The fourth-order valence-electron chi connectivity index (χ4n) is 4.64. The van der Waals surface area contributed by atoms with Crippen molar-refractivity contribution in [1.29, 1.82) is 0 Å². The summed E-state index contributed by atoms with van der Waals surface area (Å²) in [4.78, 5) is 14.3. The van der Waals surface area contributed by atoms with E-state index in [0.717, 1.165) is 11.8 Å². The van der Waals surface area contributed by atoms with Crippen LogP contribution < -0.4 is 5.32 Å². The molecule has 2 aliphatic carbocycles.